The zero-order chi connectivity index (χ0) is 16.5. The molecule has 0 saturated heterocycles. The molecule has 0 unspecified atom stereocenters. The van der Waals surface area contributed by atoms with Crippen molar-refractivity contribution in [2.45, 2.75) is 45.8 Å². The van der Waals surface area contributed by atoms with E-state index in [2.05, 4.69) is 0 Å². The summed E-state index contributed by atoms with van der Waals surface area (Å²) in [6.07, 6.45) is 1.28. The largest absolute Gasteiger partial charge is 0.494 e. The number of carbonyl (C=O) groups excluding carboxylic acids is 1. The second-order valence-electron chi connectivity index (χ2n) is 6.35. The van der Waals surface area contributed by atoms with E-state index in [0.717, 1.165) is 24.0 Å². The van der Waals surface area contributed by atoms with Crippen molar-refractivity contribution in [1.82, 2.24) is 4.90 Å². The standard InChI is InChI=1S/C16H21Cl2NO3.B/c1-16(2,3)22-15(20)19-7-5-6-11-10(9-19)8-12(17)14(21-4)13(11)18;/h8H,5-7,9H2,1-4H3;. The van der Waals surface area contributed by atoms with Crippen molar-refractivity contribution in [1.29, 1.82) is 0 Å². The lowest BCUT2D eigenvalue weighted by Crippen LogP contribution is -2.36. The third kappa shape index (κ3) is 4.71. The first-order valence-corrected chi connectivity index (χ1v) is 8.00. The monoisotopic (exact) mass is 356 g/mol. The number of methoxy groups -OCH3 is 1. The summed E-state index contributed by atoms with van der Waals surface area (Å²) in [4.78, 5) is 14.0. The predicted octanol–water partition coefficient (Wildman–Crippen LogP) is 4.30. The number of benzene rings is 1. The van der Waals surface area contributed by atoms with Gasteiger partial charge in [0.25, 0.3) is 0 Å². The Labute approximate surface area is 149 Å². The summed E-state index contributed by atoms with van der Waals surface area (Å²) in [5.74, 6) is 0.493. The highest BCUT2D eigenvalue weighted by atomic mass is 35.5. The molecule has 0 atom stereocenters. The minimum atomic E-state index is -0.512. The third-order valence-electron chi connectivity index (χ3n) is 3.44. The summed E-state index contributed by atoms with van der Waals surface area (Å²) >= 11 is 12.6. The maximum absolute atomic E-state index is 12.3. The fourth-order valence-corrected chi connectivity index (χ4v) is 3.25. The molecule has 3 radical (unpaired) electrons. The zero-order valence-corrected chi connectivity index (χ0v) is 15.4. The van der Waals surface area contributed by atoms with Crippen molar-refractivity contribution >= 4 is 37.7 Å². The van der Waals surface area contributed by atoms with Crippen LogP contribution >= 0.6 is 23.2 Å². The number of fused-ring (bicyclic) bond motifs is 1. The number of hydrogen-bond donors (Lipinski definition) is 0. The van der Waals surface area contributed by atoms with Crippen molar-refractivity contribution in [3.05, 3.63) is 27.2 Å². The third-order valence-corrected chi connectivity index (χ3v) is 4.12. The van der Waals surface area contributed by atoms with Gasteiger partial charge in [0.2, 0.25) is 0 Å². The van der Waals surface area contributed by atoms with Crippen molar-refractivity contribution in [3.63, 3.8) is 0 Å². The number of amides is 1. The molecule has 0 fully saturated rings. The fraction of sp³-hybridized carbons (Fsp3) is 0.562. The van der Waals surface area contributed by atoms with Gasteiger partial charge in [0.1, 0.15) is 5.60 Å². The molecule has 1 aliphatic rings. The van der Waals surface area contributed by atoms with Gasteiger partial charge in [-0.3, -0.25) is 0 Å². The van der Waals surface area contributed by atoms with Crippen LogP contribution in [0.2, 0.25) is 10.0 Å². The van der Waals surface area contributed by atoms with Crippen LogP contribution in [0.15, 0.2) is 6.07 Å². The van der Waals surface area contributed by atoms with Gasteiger partial charge in [0.05, 0.1) is 17.2 Å². The van der Waals surface area contributed by atoms with Crippen molar-refractivity contribution < 1.29 is 14.3 Å². The molecule has 1 aliphatic heterocycles. The van der Waals surface area contributed by atoms with Gasteiger partial charge in [-0.25, -0.2) is 4.79 Å². The van der Waals surface area contributed by atoms with Gasteiger partial charge >= 0.3 is 6.09 Å². The van der Waals surface area contributed by atoms with E-state index in [1.54, 1.807) is 12.0 Å². The molecule has 1 amide bonds. The SMILES string of the molecule is COc1c(Cl)cc2c(c1Cl)CCCN(C(=O)OC(C)(C)C)C2.[B]. The number of carbonyl (C=O) groups is 1. The van der Waals surface area contributed by atoms with Crippen LogP contribution in [-0.4, -0.2) is 38.7 Å². The molecular weight excluding hydrogens is 336 g/mol. The first kappa shape index (κ1) is 20.0. The molecule has 4 nitrogen and oxygen atoms in total. The second-order valence-corrected chi connectivity index (χ2v) is 7.13. The molecule has 23 heavy (non-hydrogen) atoms. The Kier molecular flexibility index (Phi) is 6.66. The topological polar surface area (TPSA) is 38.8 Å². The Balaban J connectivity index is 0.00000264. The lowest BCUT2D eigenvalue weighted by molar-refractivity contribution is 0.0237. The van der Waals surface area contributed by atoms with Crippen LogP contribution in [0.3, 0.4) is 0 Å². The van der Waals surface area contributed by atoms with E-state index in [1.165, 1.54) is 0 Å². The summed E-state index contributed by atoms with van der Waals surface area (Å²) in [5.41, 5.74) is 1.43. The average Bonchev–Trinajstić information content (AvgIpc) is 2.59. The van der Waals surface area contributed by atoms with E-state index < -0.39 is 5.60 Å². The van der Waals surface area contributed by atoms with E-state index >= 15 is 0 Å². The fourth-order valence-electron chi connectivity index (χ4n) is 2.50. The molecule has 0 bridgehead atoms. The Morgan fingerprint density at radius 3 is 2.52 bits per heavy atom. The summed E-state index contributed by atoms with van der Waals surface area (Å²) in [7, 11) is 1.54. The minimum Gasteiger partial charge on any atom is -0.494 e. The number of ether oxygens (including phenoxy) is 2. The lowest BCUT2D eigenvalue weighted by Gasteiger charge is -2.26. The molecule has 1 aromatic carbocycles. The lowest BCUT2D eigenvalue weighted by atomic mass is 10.0. The van der Waals surface area contributed by atoms with Gasteiger partial charge < -0.3 is 14.4 Å². The molecule has 0 N–H and O–H groups in total. The van der Waals surface area contributed by atoms with E-state index in [-0.39, 0.29) is 14.5 Å². The highest BCUT2D eigenvalue weighted by Crippen LogP contribution is 2.39. The number of nitrogens with zero attached hydrogens (tertiary/aromatic N) is 1. The van der Waals surface area contributed by atoms with E-state index in [0.29, 0.717) is 28.9 Å². The highest BCUT2D eigenvalue weighted by molar-refractivity contribution is 6.37. The normalized spacial score (nSPS) is 14.4. The smallest absolute Gasteiger partial charge is 0.410 e. The molecule has 1 aromatic rings. The molecule has 0 aromatic heterocycles. The van der Waals surface area contributed by atoms with Crippen LogP contribution in [0.1, 0.15) is 38.3 Å². The Hall–Kier alpha value is -1.07. The van der Waals surface area contributed by atoms with E-state index in [1.807, 2.05) is 26.8 Å². The van der Waals surface area contributed by atoms with Crippen LogP contribution < -0.4 is 4.74 Å². The van der Waals surface area contributed by atoms with Crippen molar-refractivity contribution in [3.8, 4) is 5.75 Å². The van der Waals surface area contributed by atoms with Gasteiger partial charge in [-0.15, -0.1) is 0 Å². The molecular formula is C16H21BCl2NO3. The maximum Gasteiger partial charge on any atom is 0.410 e. The van der Waals surface area contributed by atoms with Gasteiger partial charge in [0.15, 0.2) is 5.75 Å². The van der Waals surface area contributed by atoms with Gasteiger partial charge in [0, 0.05) is 21.5 Å². The first-order valence-electron chi connectivity index (χ1n) is 7.24. The summed E-state index contributed by atoms with van der Waals surface area (Å²) in [6, 6.07) is 1.82. The van der Waals surface area contributed by atoms with Crippen LogP contribution in [0, 0.1) is 0 Å². The first-order chi connectivity index (χ1) is 10.2. The van der Waals surface area contributed by atoms with E-state index in [9.17, 15) is 4.79 Å². The number of halogens is 2. The van der Waals surface area contributed by atoms with Gasteiger partial charge in [-0.05, 0) is 50.8 Å². The predicted molar refractivity (Wildman–Crippen MR) is 93.7 cm³/mol. The summed E-state index contributed by atoms with van der Waals surface area (Å²) < 4.78 is 10.7. The molecule has 7 heteroatoms. The molecule has 0 spiro atoms. The summed E-state index contributed by atoms with van der Waals surface area (Å²) in [6.45, 7) is 6.63. The number of rotatable bonds is 1. The Morgan fingerprint density at radius 2 is 1.96 bits per heavy atom. The maximum atomic E-state index is 12.3. The minimum absolute atomic E-state index is 0. The second kappa shape index (κ2) is 7.67. The van der Waals surface area contributed by atoms with Gasteiger partial charge in [-0.1, -0.05) is 23.2 Å². The van der Waals surface area contributed by atoms with E-state index in [4.69, 9.17) is 32.7 Å². The van der Waals surface area contributed by atoms with Crippen LogP contribution in [0.25, 0.3) is 0 Å². The van der Waals surface area contributed by atoms with Crippen molar-refractivity contribution in [2.24, 2.45) is 0 Å². The van der Waals surface area contributed by atoms with Crippen LogP contribution in [-0.2, 0) is 17.7 Å². The molecule has 1 heterocycles. The molecule has 0 saturated carbocycles. The van der Waals surface area contributed by atoms with Gasteiger partial charge in [-0.2, -0.15) is 0 Å². The molecule has 125 valence electrons. The quantitative estimate of drug-likeness (QED) is 0.704. The Bertz CT molecular complexity index is 588. The molecule has 2 rings (SSSR count). The number of hydrogen-bond acceptors (Lipinski definition) is 3. The molecule has 0 aliphatic carbocycles. The van der Waals surface area contributed by atoms with Crippen molar-refractivity contribution in [2.75, 3.05) is 13.7 Å². The Morgan fingerprint density at radius 1 is 1.30 bits per heavy atom. The average molecular weight is 357 g/mol. The zero-order valence-electron chi connectivity index (χ0n) is 13.9. The van der Waals surface area contributed by atoms with Crippen LogP contribution in [0.4, 0.5) is 4.79 Å². The van der Waals surface area contributed by atoms with Crippen LogP contribution in [0.5, 0.6) is 5.75 Å². The highest BCUT2D eigenvalue weighted by Gasteiger charge is 2.26. The summed E-state index contributed by atoms with van der Waals surface area (Å²) in [5, 5.41) is 0.994.